The molecule has 2 atom stereocenters. The van der Waals surface area contributed by atoms with Crippen LogP contribution in [0.25, 0.3) is 21.0 Å². The van der Waals surface area contributed by atoms with E-state index in [1.54, 1.807) is 35.6 Å². The van der Waals surface area contributed by atoms with Gasteiger partial charge in [-0.2, -0.15) is 5.10 Å². The SMILES string of the molecule is CC(C)(C)OC(=O)N1CCC(O)(Oc2ccc(Oc3csc4c3ccc3c4cnn3C3CCCCO3)cc2)C1. The zero-order chi connectivity index (χ0) is 27.2. The molecule has 2 aliphatic heterocycles. The summed E-state index contributed by atoms with van der Waals surface area (Å²) in [7, 11) is 0. The quantitative estimate of drug-likeness (QED) is 0.285. The molecule has 10 heteroatoms. The van der Waals surface area contributed by atoms with Crippen molar-refractivity contribution in [2.45, 2.75) is 64.1 Å². The van der Waals surface area contributed by atoms with Gasteiger partial charge < -0.3 is 29.0 Å². The lowest BCUT2D eigenvalue weighted by atomic mass is 10.1. The Kier molecular flexibility index (Phi) is 6.65. The molecule has 2 aromatic carbocycles. The predicted octanol–water partition coefficient (Wildman–Crippen LogP) is 6.45. The minimum atomic E-state index is -1.47. The molecule has 1 N–H and O–H groups in total. The molecule has 2 aliphatic rings. The number of likely N-dealkylation sites (tertiary alicyclic amines) is 1. The molecule has 0 bridgehead atoms. The number of ether oxygens (including phenoxy) is 4. The smallest absolute Gasteiger partial charge is 0.410 e. The van der Waals surface area contributed by atoms with E-state index in [4.69, 9.17) is 18.9 Å². The fourth-order valence-electron chi connectivity index (χ4n) is 5.07. The Morgan fingerprint density at radius 1 is 1.13 bits per heavy atom. The summed E-state index contributed by atoms with van der Waals surface area (Å²) in [5.74, 6) is 0.448. The second-order valence-electron chi connectivity index (χ2n) is 11.2. The fourth-order valence-corrected chi connectivity index (χ4v) is 6.05. The Labute approximate surface area is 230 Å². The van der Waals surface area contributed by atoms with Gasteiger partial charge in [0.2, 0.25) is 5.79 Å². The molecule has 2 fully saturated rings. The van der Waals surface area contributed by atoms with Crippen molar-refractivity contribution >= 4 is 38.4 Å². The van der Waals surface area contributed by atoms with E-state index in [-0.39, 0.29) is 12.8 Å². The van der Waals surface area contributed by atoms with E-state index >= 15 is 0 Å². The lowest BCUT2D eigenvalue weighted by Gasteiger charge is -2.27. The number of fused-ring (bicyclic) bond motifs is 3. The van der Waals surface area contributed by atoms with Crippen LogP contribution < -0.4 is 9.47 Å². The van der Waals surface area contributed by atoms with Gasteiger partial charge in [0, 0.05) is 40.4 Å². The number of benzene rings is 2. The summed E-state index contributed by atoms with van der Waals surface area (Å²) in [4.78, 5) is 13.8. The molecule has 4 heterocycles. The van der Waals surface area contributed by atoms with Gasteiger partial charge in [-0.15, -0.1) is 11.3 Å². The van der Waals surface area contributed by atoms with Crippen LogP contribution in [0.1, 0.15) is 52.7 Å². The first-order valence-electron chi connectivity index (χ1n) is 13.3. The van der Waals surface area contributed by atoms with Crippen LogP contribution in [-0.2, 0) is 9.47 Å². The number of carbonyl (C=O) groups excluding carboxylic acids is 1. The minimum absolute atomic E-state index is 0.00667. The summed E-state index contributed by atoms with van der Waals surface area (Å²) in [6, 6.07) is 11.3. The maximum atomic E-state index is 12.3. The highest BCUT2D eigenvalue weighted by Gasteiger charge is 2.42. The average Bonchev–Trinajstić information content (AvgIpc) is 3.62. The normalized spacial score (nSPS) is 21.9. The molecule has 6 rings (SSSR count). The fraction of sp³-hybridized carbons (Fsp3) is 0.448. The Balaban J connectivity index is 1.13. The second-order valence-corrected chi connectivity index (χ2v) is 12.0. The van der Waals surface area contributed by atoms with Gasteiger partial charge >= 0.3 is 6.09 Å². The molecule has 206 valence electrons. The van der Waals surface area contributed by atoms with Crippen LogP contribution >= 0.6 is 11.3 Å². The van der Waals surface area contributed by atoms with E-state index in [0.29, 0.717) is 24.5 Å². The van der Waals surface area contributed by atoms with E-state index in [1.807, 2.05) is 37.0 Å². The Morgan fingerprint density at radius 2 is 1.92 bits per heavy atom. The van der Waals surface area contributed by atoms with Crippen LogP contribution in [0, 0.1) is 0 Å². The van der Waals surface area contributed by atoms with Crippen molar-refractivity contribution < 1.29 is 28.8 Å². The van der Waals surface area contributed by atoms with Gasteiger partial charge in [0.15, 0.2) is 6.23 Å². The van der Waals surface area contributed by atoms with Crippen LogP contribution in [0.15, 0.2) is 48.0 Å². The van der Waals surface area contributed by atoms with E-state index in [9.17, 15) is 9.90 Å². The molecular weight excluding hydrogens is 518 g/mol. The Morgan fingerprint density at radius 3 is 2.67 bits per heavy atom. The number of amides is 1. The largest absolute Gasteiger partial charge is 0.461 e. The maximum Gasteiger partial charge on any atom is 0.410 e. The molecule has 0 saturated carbocycles. The molecule has 1 amide bonds. The first-order valence-corrected chi connectivity index (χ1v) is 14.2. The van der Waals surface area contributed by atoms with Gasteiger partial charge in [-0.1, -0.05) is 0 Å². The number of nitrogens with zero attached hydrogens (tertiary/aromatic N) is 3. The number of β-amino-alcohol motifs (C(OH)–C–C–N with tert-alkyl or cyclic N) is 1. The Bertz CT molecular complexity index is 1480. The van der Waals surface area contributed by atoms with Crippen molar-refractivity contribution in [2.75, 3.05) is 19.7 Å². The molecule has 0 spiro atoms. The van der Waals surface area contributed by atoms with Crippen LogP contribution in [0.3, 0.4) is 0 Å². The number of thiophene rings is 1. The van der Waals surface area contributed by atoms with Gasteiger partial charge in [0.05, 0.1) is 18.3 Å². The summed E-state index contributed by atoms with van der Waals surface area (Å²) in [5.41, 5.74) is 0.472. The number of hydrogen-bond acceptors (Lipinski definition) is 8. The van der Waals surface area contributed by atoms with Crippen LogP contribution in [0.5, 0.6) is 17.2 Å². The maximum absolute atomic E-state index is 12.3. The standard InChI is InChI=1S/C29H33N3O6S/c1-28(2,3)38-27(33)31-14-13-29(34,18-31)37-20-9-7-19(8-10-20)36-24-17-39-26-21(24)11-12-23-22(26)16-30-32(23)25-6-4-5-15-35-25/h7-12,16-17,25,34H,4-6,13-15,18H2,1-3H3. The van der Waals surface area contributed by atoms with Crippen molar-refractivity contribution in [3.8, 4) is 17.2 Å². The molecule has 2 aromatic heterocycles. The van der Waals surface area contributed by atoms with Gasteiger partial charge in [-0.05, 0) is 76.4 Å². The van der Waals surface area contributed by atoms with Crippen molar-refractivity contribution in [3.05, 3.63) is 48.0 Å². The lowest BCUT2D eigenvalue weighted by molar-refractivity contribution is -0.125. The third kappa shape index (κ3) is 5.41. The molecular formula is C29H33N3O6S. The van der Waals surface area contributed by atoms with Gasteiger partial charge in [-0.3, -0.25) is 0 Å². The second kappa shape index (κ2) is 10.0. The van der Waals surface area contributed by atoms with Crippen LogP contribution in [0.4, 0.5) is 4.79 Å². The molecule has 39 heavy (non-hydrogen) atoms. The minimum Gasteiger partial charge on any atom is -0.461 e. The summed E-state index contributed by atoms with van der Waals surface area (Å²) < 4.78 is 26.6. The molecule has 0 radical (unpaired) electrons. The van der Waals surface area contributed by atoms with E-state index in [2.05, 4.69) is 17.2 Å². The summed E-state index contributed by atoms with van der Waals surface area (Å²) in [6.45, 7) is 6.62. The molecule has 2 unspecified atom stereocenters. The summed E-state index contributed by atoms with van der Waals surface area (Å²) >= 11 is 1.63. The Hall–Kier alpha value is -3.34. The zero-order valence-corrected chi connectivity index (χ0v) is 23.2. The van der Waals surface area contributed by atoms with Gasteiger partial charge in [-0.25, -0.2) is 9.48 Å². The highest BCUT2D eigenvalue weighted by atomic mass is 32.1. The summed E-state index contributed by atoms with van der Waals surface area (Å²) in [5, 5.41) is 19.7. The number of aliphatic hydroxyl groups is 1. The molecule has 2 saturated heterocycles. The zero-order valence-electron chi connectivity index (χ0n) is 22.4. The third-order valence-corrected chi connectivity index (χ3v) is 7.94. The van der Waals surface area contributed by atoms with E-state index < -0.39 is 17.5 Å². The monoisotopic (exact) mass is 551 g/mol. The molecule has 0 aliphatic carbocycles. The molecule has 4 aromatic rings. The predicted molar refractivity (Wildman–Crippen MR) is 148 cm³/mol. The highest BCUT2D eigenvalue weighted by molar-refractivity contribution is 7.18. The van der Waals surface area contributed by atoms with Gasteiger partial charge in [0.25, 0.3) is 0 Å². The first-order chi connectivity index (χ1) is 18.7. The van der Waals surface area contributed by atoms with Crippen molar-refractivity contribution in [1.82, 2.24) is 14.7 Å². The van der Waals surface area contributed by atoms with Crippen molar-refractivity contribution in [3.63, 3.8) is 0 Å². The third-order valence-electron chi connectivity index (χ3n) is 6.93. The van der Waals surface area contributed by atoms with Gasteiger partial charge in [0.1, 0.15) is 22.8 Å². The first kappa shape index (κ1) is 25.9. The number of carbonyl (C=O) groups is 1. The average molecular weight is 552 g/mol. The number of rotatable bonds is 5. The topological polar surface area (TPSA) is 95.3 Å². The highest BCUT2D eigenvalue weighted by Crippen LogP contribution is 2.40. The lowest BCUT2D eigenvalue weighted by Crippen LogP contribution is -2.42. The van der Waals surface area contributed by atoms with Crippen LogP contribution in [0.2, 0.25) is 0 Å². The van der Waals surface area contributed by atoms with Crippen molar-refractivity contribution in [2.24, 2.45) is 0 Å². The van der Waals surface area contributed by atoms with Crippen LogP contribution in [-0.4, -0.2) is 57.0 Å². The summed E-state index contributed by atoms with van der Waals surface area (Å²) in [6.07, 6.45) is 4.98. The van der Waals surface area contributed by atoms with Crippen molar-refractivity contribution in [1.29, 1.82) is 0 Å². The molecule has 9 nitrogen and oxygen atoms in total. The van der Waals surface area contributed by atoms with E-state index in [0.717, 1.165) is 52.6 Å². The number of hydrogen-bond donors (Lipinski definition) is 1. The van der Waals surface area contributed by atoms with E-state index in [1.165, 1.54) is 4.90 Å². The number of aromatic nitrogens is 2.